The largest absolute Gasteiger partial charge is 0.481 e. The summed E-state index contributed by atoms with van der Waals surface area (Å²) in [6, 6.07) is 14.0. The van der Waals surface area contributed by atoms with E-state index in [1.54, 1.807) is 6.07 Å². The second-order valence-corrected chi connectivity index (χ2v) is 8.92. The summed E-state index contributed by atoms with van der Waals surface area (Å²) in [7, 11) is 0. The average Bonchev–Trinajstić information content (AvgIpc) is 2.84. The number of hydrogen-bond donors (Lipinski definition) is 0. The molecule has 0 atom stereocenters. The Hall–Kier alpha value is -3.33. The Morgan fingerprint density at radius 2 is 1.66 bits per heavy atom. The molecule has 0 amide bonds. The van der Waals surface area contributed by atoms with Crippen molar-refractivity contribution in [1.29, 1.82) is 0 Å². The average molecular weight is 485 g/mol. The third-order valence-electron chi connectivity index (χ3n) is 6.49. The molecule has 0 saturated heterocycles. The zero-order valence-electron chi connectivity index (χ0n) is 19.1. The molecule has 0 bridgehead atoms. The van der Waals surface area contributed by atoms with E-state index < -0.39 is 30.2 Å². The van der Waals surface area contributed by atoms with Crippen molar-refractivity contribution in [1.82, 2.24) is 0 Å². The Balaban J connectivity index is 1.54. The van der Waals surface area contributed by atoms with Gasteiger partial charge in [-0.05, 0) is 78.5 Å². The van der Waals surface area contributed by atoms with E-state index in [2.05, 4.69) is 35.3 Å². The van der Waals surface area contributed by atoms with Gasteiger partial charge in [-0.15, -0.1) is 6.58 Å². The second kappa shape index (κ2) is 10.5. The van der Waals surface area contributed by atoms with Gasteiger partial charge in [0.2, 0.25) is 5.82 Å². The molecule has 0 spiro atoms. The number of benzene rings is 3. The summed E-state index contributed by atoms with van der Waals surface area (Å²) < 4.78 is 69.8. The Bertz CT molecular complexity index is 1270. The molecule has 0 aromatic heterocycles. The van der Waals surface area contributed by atoms with Gasteiger partial charge in [0.15, 0.2) is 18.2 Å². The summed E-state index contributed by atoms with van der Waals surface area (Å²) in [5.41, 5.74) is 1.69. The van der Waals surface area contributed by atoms with Crippen molar-refractivity contribution in [2.24, 2.45) is 5.92 Å². The first-order valence-corrected chi connectivity index (χ1v) is 11.6. The molecule has 182 valence electrons. The molecule has 3 aromatic rings. The number of fused-ring (bicyclic) bond motifs is 1. The van der Waals surface area contributed by atoms with Crippen LogP contribution >= 0.6 is 0 Å². The first kappa shape index (κ1) is 24.8. The van der Waals surface area contributed by atoms with Crippen molar-refractivity contribution < 1.29 is 26.7 Å². The van der Waals surface area contributed by atoms with Crippen molar-refractivity contribution in [2.45, 2.75) is 44.2 Å². The van der Waals surface area contributed by atoms with Gasteiger partial charge in [-0.25, -0.2) is 4.39 Å². The van der Waals surface area contributed by atoms with Gasteiger partial charge in [-0.2, -0.15) is 17.6 Å². The molecular weight excluding hydrogens is 459 g/mol. The fourth-order valence-corrected chi connectivity index (χ4v) is 4.67. The van der Waals surface area contributed by atoms with Crippen molar-refractivity contribution in [2.75, 3.05) is 6.61 Å². The van der Waals surface area contributed by atoms with Crippen molar-refractivity contribution >= 4 is 10.8 Å². The van der Waals surface area contributed by atoms with Gasteiger partial charge in [-0.3, -0.25) is 0 Å². The Morgan fingerprint density at radius 1 is 0.914 bits per heavy atom. The maximum atomic E-state index is 14.4. The van der Waals surface area contributed by atoms with E-state index in [0.717, 1.165) is 48.1 Å². The molecule has 35 heavy (non-hydrogen) atoms. The molecule has 0 N–H and O–H groups in total. The minimum atomic E-state index is -4.65. The van der Waals surface area contributed by atoms with E-state index in [0.29, 0.717) is 11.5 Å². The molecule has 0 heterocycles. The van der Waals surface area contributed by atoms with E-state index in [1.807, 2.05) is 24.3 Å². The monoisotopic (exact) mass is 484 g/mol. The lowest BCUT2D eigenvalue weighted by molar-refractivity contribution is -0.153. The first-order chi connectivity index (χ1) is 16.7. The van der Waals surface area contributed by atoms with Crippen LogP contribution in [0.5, 0.6) is 5.75 Å². The highest BCUT2D eigenvalue weighted by Gasteiger charge is 2.29. The van der Waals surface area contributed by atoms with Crippen LogP contribution in [0.4, 0.5) is 22.0 Å². The van der Waals surface area contributed by atoms with E-state index in [9.17, 15) is 22.0 Å². The SMILES string of the molecule is C=CCC1CCC(c2ccc3c(C#Cc4ccc(OCC(F)(F)F)c(F)c4F)cccc3c2)CC1. The lowest BCUT2D eigenvalue weighted by Crippen LogP contribution is -2.19. The fourth-order valence-electron chi connectivity index (χ4n) is 4.67. The molecule has 0 unspecified atom stereocenters. The molecule has 1 fully saturated rings. The predicted octanol–water partition coefficient (Wildman–Crippen LogP) is 8.31. The highest BCUT2D eigenvalue weighted by Crippen LogP contribution is 2.38. The van der Waals surface area contributed by atoms with Gasteiger partial charge >= 0.3 is 6.18 Å². The molecule has 0 aliphatic heterocycles. The molecule has 1 aliphatic rings. The van der Waals surface area contributed by atoms with E-state index >= 15 is 0 Å². The van der Waals surface area contributed by atoms with Crippen molar-refractivity contribution in [3.8, 4) is 17.6 Å². The van der Waals surface area contributed by atoms with Crippen LogP contribution in [0, 0.1) is 29.4 Å². The zero-order chi connectivity index (χ0) is 25.0. The van der Waals surface area contributed by atoms with Gasteiger partial charge in [0.05, 0.1) is 5.56 Å². The van der Waals surface area contributed by atoms with Gasteiger partial charge in [0.25, 0.3) is 0 Å². The third kappa shape index (κ3) is 6.03. The van der Waals surface area contributed by atoms with Gasteiger partial charge in [-0.1, -0.05) is 48.2 Å². The first-order valence-electron chi connectivity index (χ1n) is 11.6. The maximum absolute atomic E-state index is 14.4. The number of alkyl halides is 3. The highest BCUT2D eigenvalue weighted by molar-refractivity contribution is 5.89. The number of halogens is 5. The smallest absolute Gasteiger partial charge is 0.422 e. The zero-order valence-corrected chi connectivity index (χ0v) is 19.1. The summed E-state index contributed by atoms with van der Waals surface area (Å²) in [5.74, 6) is 3.09. The highest BCUT2D eigenvalue weighted by atomic mass is 19.4. The minimum absolute atomic E-state index is 0.258. The summed E-state index contributed by atoms with van der Waals surface area (Å²) in [6.45, 7) is 2.14. The third-order valence-corrected chi connectivity index (χ3v) is 6.49. The van der Waals surface area contributed by atoms with Crippen LogP contribution in [0.15, 0.2) is 61.2 Å². The molecule has 1 aliphatic carbocycles. The van der Waals surface area contributed by atoms with E-state index in [4.69, 9.17) is 0 Å². The minimum Gasteiger partial charge on any atom is -0.481 e. The lowest BCUT2D eigenvalue weighted by atomic mass is 9.77. The summed E-state index contributed by atoms with van der Waals surface area (Å²) >= 11 is 0. The van der Waals surface area contributed by atoms with Crippen LogP contribution in [-0.2, 0) is 0 Å². The molecule has 4 rings (SSSR count). The van der Waals surface area contributed by atoms with Gasteiger partial charge < -0.3 is 4.74 Å². The summed E-state index contributed by atoms with van der Waals surface area (Å²) in [5, 5.41) is 1.92. The number of rotatable bonds is 5. The normalized spacial score (nSPS) is 18.1. The Morgan fingerprint density at radius 3 is 2.37 bits per heavy atom. The van der Waals surface area contributed by atoms with Crippen molar-refractivity contribution in [3.05, 3.63) is 89.5 Å². The quantitative estimate of drug-likeness (QED) is 0.201. The number of hydrogen-bond acceptors (Lipinski definition) is 1. The molecule has 0 radical (unpaired) electrons. The van der Waals surface area contributed by atoms with Crippen molar-refractivity contribution in [3.63, 3.8) is 0 Å². The van der Waals surface area contributed by atoms with Crippen LogP contribution < -0.4 is 4.74 Å². The Labute approximate surface area is 201 Å². The molecule has 6 heteroatoms. The van der Waals surface area contributed by atoms with E-state index in [1.165, 1.54) is 18.4 Å². The van der Waals surface area contributed by atoms with Gasteiger partial charge in [0.1, 0.15) is 0 Å². The molecular formula is C29H25F5O. The summed E-state index contributed by atoms with van der Waals surface area (Å²) in [6.07, 6.45) is 3.11. The van der Waals surface area contributed by atoms with Crippen LogP contribution in [-0.4, -0.2) is 12.8 Å². The number of ether oxygens (including phenoxy) is 1. The molecule has 1 nitrogen and oxygen atoms in total. The van der Waals surface area contributed by atoms with Crippen LogP contribution in [0.2, 0.25) is 0 Å². The Kier molecular flexibility index (Phi) is 7.45. The van der Waals surface area contributed by atoms with Gasteiger partial charge in [0, 0.05) is 5.56 Å². The topological polar surface area (TPSA) is 9.23 Å². The second-order valence-electron chi connectivity index (χ2n) is 8.92. The van der Waals surface area contributed by atoms with Crippen LogP contribution in [0.25, 0.3) is 10.8 Å². The number of allylic oxidation sites excluding steroid dienone is 1. The predicted molar refractivity (Wildman–Crippen MR) is 127 cm³/mol. The summed E-state index contributed by atoms with van der Waals surface area (Å²) in [4.78, 5) is 0. The van der Waals surface area contributed by atoms with E-state index in [-0.39, 0.29) is 5.56 Å². The molecule has 1 saturated carbocycles. The van der Waals surface area contributed by atoms with Crippen LogP contribution in [0.3, 0.4) is 0 Å². The lowest BCUT2D eigenvalue weighted by Gasteiger charge is -2.28. The standard InChI is InChI=1S/C29H25F5O/c1-2-4-19-7-9-20(10-8-19)23-13-15-25-21(5-3-6-24(25)17-23)11-12-22-14-16-26(28(31)27(22)30)35-18-29(32,33)34/h2-3,5-6,13-17,19-20H,1,4,7-10,18H2. The molecule has 3 aromatic carbocycles. The van der Waals surface area contributed by atoms with Crippen LogP contribution in [0.1, 0.15) is 54.7 Å². The fraction of sp³-hybridized carbons (Fsp3) is 0.310. The maximum Gasteiger partial charge on any atom is 0.422 e.